The standard InChI is InChI=1S/C11H11N7O/c12-7-1-2-9-8(3-7)14-6-17(9)11(19)5-18-15-4-10(13)16-18/h1-4,6H,5,12H2,(H2,13,16). The summed E-state index contributed by atoms with van der Waals surface area (Å²) in [6.07, 6.45) is 2.85. The van der Waals surface area contributed by atoms with Gasteiger partial charge in [0.1, 0.15) is 12.9 Å². The van der Waals surface area contributed by atoms with Crippen molar-refractivity contribution in [3.05, 3.63) is 30.7 Å². The van der Waals surface area contributed by atoms with E-state index >= 15 is 0 Å². The van der Waals surface area contributed by atoms with Crippen LogP contribution in [-0.2, 0) is 6.54 Å². The molecular weight excluding hydrogens is 246 g/mol. The van der Waals surface area contributed by atoms with Crippen molar-refractivity contribution in [2.45, 2.75) is 6.54 Å². The molecular formula is C11H11N7O. The highest BCUT2D eigenvalue weighted by atomic mass is 16.2. The molecule has 0 aliphatic carbocycles. The van der Waals surface area contributed by atoms with Crippen molar-refractivity contribution in [2.24, 2.45) is 0 Å². The average Bonchev–Trinajstić information content (AvgIpc) is 2.95. The van der Waals surface area contributed by atoms with E-state index in [-0.39, 0.29) is 18.3 Å². The number of aromatic nitrogens is 5. The van der Waals surface area contributed by atoms with E-state index in [9.17, 15) is 4.79 Å². The van der Waals surface area contributed by atoms with E-state index in [0.717, 1.165) is 0 Å². The zero-order valence-electron chi connectivity index (χ0n) is 9.89. The molecule has 8 nitrogen and oxygen atoms in total. The summed E-state index contributed by atoms with van der Waals surface area (Å²) in [5.74, 6) is 0.0685. The van der Waals surface area contributed by atoms with Crippen LogP contribution in [0, 0.1) is 0 Å². The molecule has 0 atom stereocenters. The van der Waals surface area contributed by atoms with E-state index in [2.05, 4.69) is 15.2 Å². The van der Waals surface area contributed by atoms with Crippen LogP contribution in [0.25, 0.3) is 11.0 Å². The molecule has 0 spiro atoms. The molecule has 19 heavy (non-hydrogen) atoms. The van der Waals surface area contributed by atoms with Crippen molar-refractivity contribution in [1.82, 2.24) is 24.5 Å². The lowest BCUT2D eigenvalue weighted by Gasteiger charge is -2.02. The summed E-state index contributed by atoms with van der Waals surface area (Å²) in [6, 6.07) is 5.18. The van der Waals surface area contributed by atoms with Crippen LogP contribution >= 0.6 is 0 Å². The molecule has 0 radical (unpaired) electrons. The number of anilines is 2. The Bertz CT molecular complexity index is 757. The van der Waals surface area contributed by atoms with Gasteiger partial charge in [0, 0.05) is 5.69 Å². The van der Waals surface area contributed by atoms with Crippen LogP contribution in [0.5, 0.6) is 0 Å². The number of carbonyl (C=O) groups is 1. The Morgan fingerprint density at radius 1 is 1.32 bits per heavy atom. The maximum atomic E-state index is 12.1. The fourth-order valence-corrected chi connectivity index (χ4v) is 1.81. The van der Waals surface area contributed by atoms with Crippen LogP contribution in [0.3, 0.4) is 0 Å². The number of imidazole rings is 1. The second-order valence-corrected chi connectivity index (χ2v) is 4.06. The van der Waals surface area contributed by atoms with Gasteiger partial charge in [-0.2, -0.15) is 9.90 Å². The van der Waals surface area contributed by atoms with E-state index in [1.807, 2.05) is 0 Å². The highest BCUT2D eigenvalue weighted by Crippen LogP contribution is 2.16. The summed E-state index contributed by atoms with van der Waals surface area (Å²) in [5.41, 5.74) is 13.1. The smallest absolute Gasteiger partial charge is 0.255 e. The quantitative estimate of drug-likeness (QED) is 0.630. The molecule has 0 saturated heterocycles. The average molecular weight is 257 g/mol. The first-order valence-electron chi connectivity index (χ1n) is 5.55. The maximum absolute atomic E-state index is 12.1. The summed E-state index contributed by atoms with van der Waals surface area (Å²) in [4.78, 5) is 17.5. The van der Waals surface area contributed by atoms with Crippen molar-refractivity contribution >= 4 is 28.4 Å². The molecule has 96 valence electrons. The first kappa shape index (κ1) is 11.2. The van der Waals surface area contributed by atoms with E-state index in [1.165, 1.54) is 21.9 Å². The molecule has 0 fully saturated rings. The van der Waals surface area contributed by atoms with Crippen LogP contribution in [0.15, 0.2) is 30.7 Å². The van der Waals surface area contributed by atoms with Gasteiger partial charge in [-0.3, -0.25) is 9.36 Å². The fraction of sp³-hybridized carbons (Fsp3) is 0.0909. The highest BCUT2D eigenvalue weighted by Gasteiger charge is 2.12. The number of hydrogen-bond acceptors (Lipinski definition) is 6. The van der Waals surface area contributed by atoms with Gasteiger partial charge >= 0.3 is 0 Å². The van der Waals surface area contributed by atoms with Gasteiger partial charge in [0.2, 0.25) is 0 Å². The minimum absolute atomic E-state index is 0.00691. The zero-order chi connectivity index (χ0) is 13.4. The lowest BCUT2D eigenvalue weighted by atomic mass is 10.3. The summed E-state index contributed by atoms with van der Waals surface area (Å²) >= 11 is 0. The second-order valence-electron chi connectivity index (χ2n) is 4.06. The molecule has 0 amide bonds. The Hall–Kier alpha value is -2.90. The molecule has 0 bridgehead atoms. The maximum Gasteiger partial charge on any atom is 0.255 e. The predicted octanol–water partition coefficient (Wildman–Crippen LogP) is 0.133. The number of fused-ring (bicyclic) bond motifs is 1. The molecule has 0 aliphatic heterocycles. The van der Waals surface area contributed by atoms with Crippen molar-refractivity contribution in [3.8, 4) is 0 Å². The monoisotopic (exact) mass is 257 g/mol. The Kier molecular flexibility index (Phi) is 2.41. The van der Waals surface area contributed by atoms with Crippen LogP contribution in [0.4, 0.5) is 11.5 Å². The number of benzene rings is 1. The summed E-state index contributed by atoms with van der Waals surface area (Å²) in [5, 5.41) is 7.73. The van der Waals surface area contributed by atoms with E-state index < -0.39 is 0 Å². The Morgan fingerprint density at radius 3 is 2.89 bits per heavy atom. The van der Waals surface area contributed by atoms with Crippen LogP contribution in [0.1, 0.15) is 4.79 Å². The molecule has 2 heterocycles. The van der Waals surface area contributed by atoms with Crippen LogP contribution in [-0.4, -0.2) is 30.5 Å². The number of nitrogens with zero attached hydrogens (tertiary/aromatic N) is 5. The SMILES string of the molecule is Nc1ccc2c(c1)ncn2C(=O)Cn1ncc(N)n1. The van der Waals surface area contributed by atoms with Crippen molar-refractivity contribution in [3.63, 3.8) is 0 Å². The third kappa shape index (κ3) is 1.99. The second kappa shape index (κ2) is 4.09. The molecule has 3 rings (SSSR count). The van der Waals surface area contributed by atoms with Crippen LogP contribution in [0.2, 0.25) is 0 Å². The highest BCUT2D eigenvalue weighted by molar-refractivity contribution is 5.91. The van der Waals surface area contributed by atoms with Gasteiger partial charge in [0.25, 0.3) is 5.91 Å². The Balaban J connectivity index is 1.93. The van der Waals surface area contributed by atoms with Gasteiger partial charge in [-0.25, -0.2) is 4.98 Å². The summed E-state index contributed by atoms with van der Waals surface area (Å²) in [7, 11) is 0. The third-order valence-corrected chi connectivity index (χ3v) is 2.67. The molecule has 8 heteroatoms. The predicted molar refractivity (Wildman–Crippen MR) is 69.2 cm³/mol. The number of nitrogens with two attached hydrogens (primary N) is 2. The van der Waals surface area contributed by atoms with E-state index in [0.29, 0.717) is 16.7 Å². The minimum Gasteiger partial charge on any atom is -0.399 e. The largest absolute Gasteiger partial charge is 0.399 e. The lowest BCUT2D eigenvalue weighted by Crippen LogP contribution is -2.18. The Morgan fingerprint density at radius 2 is 2.16 bits per heavy atom. The lowest BCUT2D eigenvalue weighted by molar-refractivity contribution is 0.0885. The fourth-order valence-electron chi connectivity index (χ4n) is 1.81. The zero-order valence-corrected chi connectivity index (χ0v) is 9.89. The molecule has 2 aromatic heterocycles. The summed E-state index contributed by atoms with van der Waals surface area (Å²) < 4.78 is 1.44. The number of hydrogen-bond donors (Lipinski definition) is 2. The number of carbonyl (C=O) groups excluding carboxylic acids is 1. The first-order chi connectivity index (χ1) is 9.13. The number of nitrogen functional groups attached to an aromatic ring is 2. The van der Waals surface area contributed by atoms with Crippen molar-refractivity contribution < 1.29 is 4.79 Å². The van der Waals surface area contributed by atoms with Crippen molar-refractivity contribution in [2.75, 3.05) is 11.5 Å². The first-order valence-corrected chi connectivity index (χ1v) is 5.55. The Labute approximate surface area is 107 Å². The van der Waals surface area contributed by atoms with Gasteiger partial charge in [0.05, 0.1) is 17.2 Å². The van der Waals surface area contributed by atoms with Gasteiger partial charge in [0.15, 0.2) is 5.82 Å². The van der Waals surface area contributed by atoms with Gasteiger partial charge in [-0.05, 0) is 18.2 Å². The van der Waals surface area contributed by atoms with Gasteiger partial charge < -0.3 is 11.5 Å². The van der Waals surface area contributed by atoms with Crippen molar-refractivity contribution in [1.29, 1.82) is 0 Å². The normalized spacial score (nSPS) is 10.9. The van der Waals surface area contributed by atoms with E-state index in [4.69, 9.17) is 11.5 Å². The van der Waals surface area contributed by atoms with Gasteiger partial charge in [-0.1, -0.05) is 0 Å². The summed E-state index contributed by atoms with van der Waals surface area (Å²) in [6.45, 7) is -0.00691. The van der Waals surface area contributed by atoms with Gasteiger partial charge in [-0.15, -0.1) is 5.10 Å². The molecule has 3 aromatic rings. The van der Waals surface area contributed by atoms with Crippen LogP contribution < -0.4 is 11.5 Å². The molecule has 4 N–H and O–H groups in total. The third-order valence-electron chi connectivity index (χ3n) is 2.67. The molecule has 1 aromatic carbocycles. The minimum atomic E-state index is -0.206. The topological polar surface area (TPSA) is 118 Å². The van der Waals surface area contributed by atoms with E-state index in [1.54, 1.807) is 18.2 Å². The molecule has 0 aliphatic rings. The molecule has 0 unspecified atom stereocenters. The molecule has 0 saturated carbocycles. The number of rotatable bonds is 2.